The van der Waals surface area contributed by atoms with E-state index in [1.54, 1.807) is 7.11 Å². The maximum atomic E-state index is 5.70. The van der Waals surface area contributed by atoms with E-state index in [1.807, 2.05) is 6.20 Å². The molecule has 5 nitrogen and oxygen atoms in total. The van der Waals surface area contributed by atoms with Crippen molar-refractivity contribution in [2.75, 3.05) is 38.2 Å². The molecule has 1 aliphatic heterocycles. The molecular formula is C18H22N4O. The van der Waals surface area contributed by atoms with Crippen molar-refractivity contribution in [3.8, 4) is 5.75 Å². The molecule has 2 aromatic heterocycles. The third-order valence-electron chi connectivity index (χ3n) is 4.85. The molecule has 1 fully saturated rings. The minimum atomic E-state index is 0.941. The van der Waals surface area contributed by atoms with E-state index in [4.69, 9.17) is 4.74 Å². The first kappa shape index (κ1) is 14.3. The zero-order valence-electron chi connectivity index (χ0n) is 13.9. The van der Waals surface area contributed by atoms with E-state index in [0.29, 0.717) is 0 Å². The van der Waals surface area contributed by atoms with Crippen LogP contribution in [0, 0.1) is 6.92 Å². The normalized spacial score (nSPS) is 15.5. The van der Waals surface area contributed by atoms with Gasteiger partial charge >= 0.3 is 0 Å². The minimum absolute atomic E-state index is 0.941. The fraction of sp³-hybridized carbons (Fsp3) is 0.389. The maximum Gasteiger partial charge on any atom is 0.144 e. The second-order valence-electron chi connectivity index (χ2n) is 6.13. The first-order chi connectivity index (χ1) is 11.2. The number of anilines is 1. The lowest BCUT2D eigenvalue weighted by molar-refractivity contribution is 0.413. The number of aromatic nitrogens is 2. The molecule has 0 saturated carbocycles. The van der Waals surface area contributed by atoms with Crippen LogP contribution in [0.4, 0.5) is 5.69 Å². The Morgan fingerprint density at radius 1 is 1.17 bits per heavy atom. The second kappa shape index (κ2) is 5.42. The number of aryl methyl sites for hydroxylation is 2. The standard InChI is InChI=1S/C18H22N4O/c1-12-18-13(4-5-20-12)14-10-16(22-8-6-19-7-9-22)17(23-3)11-15(14)21(18)2/h4-5,10-11,19H,6-9H2,1-3H3. The van der Waals surface area contributed by atoms with E-state index >= 15 is 0 Å². The highest BCUT2D eigenvalue weighted by Crippen LogP contribution is 2.38. The molecule has 0 spiro atoms. The van der Waals surface area contributed by atoms with Crippen LogP contribution in [0.25, 0.3) is 21.8 Å². The lowest BCUT2D eigenvalue weighted by Gasteiger charge is -2.30. The zero-order chi connectivity index (χ0) is 16.0. The van der Waals surface area contributed by atoms with E-state index in [0.717, 1.165) is 37.6 Å². The Morgan fingerprint density at radius 3 is 2.70 bits per heavy atom. The Morgan fingerprint density at radius 2 is 1.96 bits per heavy atom. The van der Waals surface area contributed by atoms with Crippen LogP contribution >= 0.6 is 0 Å². The van der Waals surface area contributed by atoms with Crippen molar-refractivity contribution in [2.45, 2.75) is 6.92 Å². The molecule has 5 heteroatoms. The van der Waals surface area contributed by atoms with Crippen molar-refractivity contribution in [3.05, 3.63) is 30.1 Å². The Labute approximate surface area is 135 Å². The molecule has 0 amide bonds. The molecule has 0 radical (unpaired) electrons. The molecule has 1 saturated heterocycles. The van der Waals surface area contributed by atoms with Gasteiger partial charge in [0.25, 0.3) is 0 Å². The summed E-state index contributed by atoms with van der Waals surface area (Å²) in [5.41, 5.74) is 4.63. The van der Waals surface area contributed by atoms with E-state index in [1.165, 1.54) is 27.5 Å². The Hall–Kier alpha value is -2.27. The van der Waals surface area contributed by atoms with Gasteiger partial charge in [0.15, 0.2) is 0 Å². The van der Waals surface area contributed by atoms with Gasteiger partial charge in [0, 0.05) is 56.3 Å². The molecule has 0 bridgehead atoms. The Balaban J connectivity index is 2.01. The molecule has 23 heavy (non-hydrogen) atoms. The van der Waals surface area contributed by atoms with Gasteiger partial charge < -0.3 is 19.5 Å². The topological polar surface area (TPSA) is 42.3 Å². The number of rotatable bonds is 2. The van der Waals surface area contributed by atoms with Crippen molar-refractivity contribution >= 4 is 27.5 Å². The van der Waals surface area contributed by atoms with Crippen LogP contribution in [-0.2, 0) is 7.05 Å². The largest absolute Gasteiger partial charge is 0.495 e. The highest BCUT2D eigenvalue weighted by molar-refractivity contribution is 6.10. The molecule has 0 unspecified atom stereocenters. The summed E-state index contributed by atoms with van der Waals surface area (Å²) in [6, 6.07) is 6.55. The average Bonchev–Trinajstić information content (AvgIpc) is 2.88. The summed E-state index contributed by atoms with van der Waals surface area (Å²) >= 11 is 0. The monoisotopic (exact) mass is 310 g/mol. The number of hydrogen-bond donors (Lipinski definition) is 1. The Bertz CT molecular complexity index is 878. The summed E-state index contributed by atoms with van der Waals surface area (Å²) in [5, 5.41) is 5.93. The predicted octanol–water partition coefficient (Wildman–Crippen LogP) is 2.45. The van der Waals surface area contributed by atoms with Crippen molar-refractivity contribution < 1.29 is 4.74 Å². The Kier molecular flexibility index (Phi) is 3.38. The van der Waals surface area contributed by atoms with Gasteiger partial charge in [0.2, 0.25) is 0 Å². The van der Waals surface area contributed by atoms with Crippen LogP contribution in [0.1, 0.15) is 5.69 Å². The molecule has 120 valence electrons. The first-order valence-corrected chi connectivity index (χ1v) is 8.08. The first-order valence-electron chi connectivity index (χ1n) is 8.08. The number of hydrogen-bond acceptors (Lipinski definition) is 4. The van der Waals surface area contributed by atoms with Crippen LogP contribution in [-0.4, -0.2) is 42.8 Å². The van der Waals surface area contributed by atoms with Gasteiger partial charge in [-0.2, -0.15) is 0 Å². The molecule has 3 aromatic rings. The second-order valence-corrected chi connectivity index (χ2v) is 6.13. The van der Waals surface area contributed by atoms with Crippen molar-refractivity contribution in [1.82, 2.24) is 14.9 Å². The van der Waals surface area contributed by atoms with E-state index in [9.17, 15) is 0 Å². The fourth-order valence-electron chi connectivity index (χ4n) is 3.69. The number of pyridine rings is 1. The van der Waals surface area contributed by atoms with Gasteiger partial charge in [-0.05, 0) is 19.1 Å². The van der Waals surface area contributed by atoms with E-state index < -0.39 is 0 Å². The zero-order valence-corrected chi connectivity index (χ0v) is 13.9. The highest BCUT2D eigenvalue weighted by atomic mass is 16.5. The van der Waals surface area contributed by atoms with Crippen molar-refractivity contribution in [1.29, 1.82) is 0 Å². The lowest BCUT2D eigenvalue weighted by atomic mass is 10.1. The van der Waals surface area contributed by atoms with Crippen LogP contribution in [0.15, 0.2) is 24.4 Å². The van der Waals surface area contributed by atoms with Crippen LogP contribution in [0.5, 0.6) is 5.75 Å². The average molecular weight is 310 g/mol. The van der Waals surface area contributed by atoms with Gasteiger partial charge in [-0.15, -0.1) is 0 Å². The quantitative estimate of drug-likeness (QED) is 0.789. The third kappa shape index (κ3) is 2.15. The van der Waals surface area contributed by atoms with E-state index in [2.05, 4.69) is 51.9 Å². The van der Waals surface area contributed by atoms with Gasteiger partial charge in [0.05, 0.1) is 29.5 Å². The molecule has 4 rings (SSSR count). The molecule has 0 atom stereocenters. The molecule has 1 aromatic carbocycles. The summed E-state index contributed by atoms with van der Waals surface area (Å²) in [5.74, 6) is 0.941. The van der Waals surface area contributed by atoms with Crippen LogP contribution < -0.4 is 15.0 Å². The highest BCUT2D eigenvalue weighted by Gasteiger charge is 2.19. The lowest BCUT2D eigenvalue weighted by Crippen LogP contribution is -2.43. The number of fused-ring (bicyclic) bond motifs is 3. The van der Waals surface area contributed by atoms with Gasteiger partial charge in [-0.3, -0.25) is 4.98 Å². The summed E-state index contributed by atoms with van der Waals surface area (Å²) in [6.07, 6.45) is 1.89. The van der Waals surface area contributed by atoms with Crippen LogP contribution in [0.3, 0.4) is 0 Å². The molecule has 0 aliphatic carbocycles. The summed E-state index contributed by atoms with van der Waals surface area (Å²) in [4.78, 5) is 6.85. The van der Waals surface area contributed by atoms with Crippen molar-refractivity contribution in [3.63, 3.8) is 0 Å². The van der Waals surface area contributed by atoms with Gasteiger partial charge in [-0.25, -0.2) is 0 Å². The molecule has 1 N–H and O–H groups in total. The molecular weight excluding hydrogens is 288 g/mol. The van der Waals surface area contributed by atoms with E-state index in [-0.39, 0.29) is 0 Å². The summed E-state index contributed by atoms with van der Waals surface area (Å²) < 4.78 is 7.92. The fourth-order valence-corrected chi connectivity index (χ4v) is 3.69. The smallest absolute Gasteiger partial charge is 0.144 e. The minimum Gasteiger partial charge on any atom is -0.495 e. The summed E-state index contributed by atoms with van der Waals surface area (Å²) in [7, 11) is 3.85. The SMILES string of the molecule is COc1cc2c(cc1N1CCNCC1)c1ccnc(C)c1n2C. The number of nitrogens with one attached hydrogen (secondary N) is 1. The number of piperazine rings is 1. The number of ether oxygens (including phenoxy) is 1. The van der Waals surface area contributed by atoms with Crippen LogP contribution in [0.2, 0.25) is 0 Å². The third-order valence-corrected chi connectivity index (χ3v) is 4.85. The van der Waals surface area contributed by atoms with Gasteiger partial charge in [-0.1, -0.05) is 0 Å². The molecule has 3 heterocycles. The van der Waals surface area contributed by atoms with Gasteiger partial charge in [0.1, 0.15) is 5.75 Å². The maximum absolute atomic E-state index is 5.70. The molecule has 1 aliphatic rings. The predicted molar refractivity (Wildman–Crippen MR) is 94.6 cm³/mol. The summed E-state index contributed by atoms with van der Waals surface area (Å²) in [6.45, 7) is 6.11. The number of benzene rings is 1. The number of methoxy groups -OCH3 is 1. The number of nitrogens with zero attached hydrogens (tertiary/aromatic N) is 3. The van der Waals surface area contributed by atoms with Crippen molar-refractivity contribution in [2.24, 2.45) is 7.05 Å².